The molecule has 2 aromatic rings. The lowest BCUT2D eigenvalue weighted by molar-refractivity contribution is 0.146. The SMILES string of the molecule is CCCN(C(=O)Oc1ccc(OCCOC)cc1)S(=O)(=O)N1Cc2ccccc2C1. The minimum absolute atomic E-state index is 0.0340. The van der Waals surface area contributed by atoms with Crippen LogP contribution in [0.3, 0.4) is 0 Å². The molecule has 0 saturated carbocycles. The summed E-state index contributed by atoms with van der Waals surface area (Å²) in [6.07, 6.45) is -0.456. The zero-order chi connectivity index (χ0) is 21.6. The lowest BCUT2D eigenvalue weighted by Gasteiger charge is -2.26. The molecule has 1 aliphatic rings. The van der Waals surface area contributed by atoms with E-state index in [9.17, 15) is 13.2 Å². The van der Waals surface area contributed by atoms with Crippen LogP contribution in [0.25, 0.3) is 0 Å². The second-order valence-corrected chi connectivity index (χ2v) is 8.65. The van der Waals surface area contributed by atoms with Gasteiger partial charge in [0, 0.05) is 26.7 Å². The molecule has 0 N–H and O–H groups in total. The van der Waals surface area contributed by atoms with E-state index in [1.54, 1.807) is 38.3 Å². The first-order valence-electron chi connectivity index (χ1n) is 9.74. The highest BCUT2D eigenvalue weighted by molar-refractivity contribution is 7.87. The normalized spacial score (nSPS) is 13.7. The summed E-state index contributed by atoms with van der Waals surface area (Å²) in [6.45, 7) is 3.17. The standard InChI is InChI=1S/C21H26N2O6S/c1-3-12-23(30(25,26)22-15-17-6-4-5-7-18(17)16-22)21(24)29-20-10-8-19(9-11-20)28-14-13-27-2/h4-11H,3,12-16H2,1-2H3. The summed E-state index contributed by atoms with van der Waals surface area (Å²) < 4.78 is 44.1. The smallest absolute Gasteiger partial charge is 0.430 e. The zero-order valence-electron chi connectivity index (χ0n) is 17.1. The summed E-state index contributed by atoms with van der Waals surface area (Å²) in [5.41, 5.74) is 1.88. The number of benzene rings is 2. The van der Waals surface area contributed by atoms with Crippen molar-refractivity contribution in [3.63, 3.8) is 0 Å². The van der Waals surface area contributed by atoms with Crippen molar-refractivity contribution in [1.29, 1.82) is 0 Å². The number of hydrogen-bond donors (Lipinski definition) is 0. The molecule has 0 radical (unpaired) electrons. The van der Waals surface area contributed by atoms with Crippen molar-refractivity contribution in [2.24, 2.45) is 0 Å². The molecule has 0 atom stereocenters. The van der Waals surface area contributed by atoms with E-state index in [2.05, 4.69) is 0 Å². The summed E-state index contributed by atoms with van der Waals surface area (Å²) in [5.74, 6) is 0.833. The van der Waals surface area contributed by atoms with Crippen LogP contribution in [0.5, 0.6) is 11.5 Å². The quantitative estimate of drug-likeness (QED) is 0.564. The predicted octanol–water partition coefficient (Wildman–Crippen LogP) is 3.18. The van der Waals surface area contributed by atoms with Gasteiger partial charge in [0.25, 0.3) is 0 Å². The first kappa shape index (κ1) is 22.1. The van der Waals surface area contributed by atoms with Crippen molar-refractivity contribution in [3.8, 4) is 11.5 Å². The fourth-order valence-corrected chi connectivity index (χ4v) is 4.63. The molecule has 9 heteroatoms. The Labute approximate surface area is 177 Å². The Hall–Kier alpha value is -2.62. The van der Waals surface area contributed by atoms with E-state index < -0.39 is 16.3 Å². The Morgan fingerprint density at radius 2 is 1.60 bits per heavy atom. The van der Waals surface area contributed by atoms with Crippen molar-refractivity contribution in [1.82, 2.24) is 8.61 Å². The second kappa shape index (κ2) is 9.92. The van der Waals surface area contributed by atoms with Crippen LogP contribution in [0.2, 0.25) is 0 Å². The molecule has 162 valence electrons. The number of methoxy groups -OCH3 is 1. The molecule has 0 unspecified atom stereocenters. The molecule has 1 aliphatic heterocycles. The van der Waals surface area contributed by atoms with Gasteiger partial charge in [-0.15, -0.1) is 0 Å². The van der Waals surface area contributed by atoms with Crippen LogP contribution in [-0.2, 0) is 28.0 Å². The largest absolute Gasteiger partial charge is 0.491 e. The minimum Gasteiger partial charge on any atom is -0.491 e. The Balaban J connectivity index is 1.69. The number of nitrogens with zero attached hydrogens (tertiary/aromatic N) is 2. The summed E-state index contributed by atoms with van der Waals surface area (Å²) in [6, 6.07) is 13.9. The number of rotatable bonds is 9. The highest BCUT2D eigenvalue weighted by atomic mass is 32.2. The average Bonchev–Trinajstić information content (AvgIpc) is 3.18. The molecule has 30 heavy (non-hydrogen) atoms. The van der Waals surface area contributed by atoms with Gasteiger partial charge < -0.3 is 14.2 Å². The maximum atomic E-state index is 13.1. The Bertz CT molecular complexity index is 937. The molecular weight excluding hydrogens is 408 g/mol. The van der Waals surface area contributed by atoms with E-state index >= 15 is 0 Å². The van der Waals surface area contributed by atoms with Crippen molar-refractivity contribution >= 4 is 16.3 Å². The fourth-order valence-electron chi connectivity index (χ4n) is 3.11. The van der Waals surface area contributed by atoms with E-state index in [-0.39, 0.29) is 25.4 Å². The summed E-state index contributed by atoms with van der Waals surface area (Å²) in [4.78, 5) is 12.7. The van der Waals surface area contributed by atoms with Crippen LogP contribution < -0.4 is 9.47 Å². The van der Waals surface area contributed by atoms with Crippen molar-refractivity contribution in [3.05, 3.63) is 59.7 Å². The third-order valence-electron chi connectivity index (χ3n) is 4.63. The van der Waals surface area contributed by atoms with E-state index in [0.29, 0.717) is 25.4 Å². The van der Waals surface area contributed by atoms with Gasteiger partial charge in [0.1, 0.15) is 18.1 Å². The topological polar surface area (TPSA) is 85.4 Å². The molecule has 0 aromatic heterocycles. The highest BCUT2D eigenvalue weighted by Crippen LogP contribution is 2.27. The fraction of sp³-hybridized carbons (Fsp3) is 0.381. The Morgan fingerprint density at radius 1 is 1.00 bits per heavy atom. The van der Waals surface area contributed by atoms with Crippen LogP contribution in [0.4, 0.5) is 4.79 Å². The number of fused-ring (bicyclic) bond motifs is 1. The second-order valence-electron chi connectivity index (χ2n) is 6.80. The van der Waals surface area contributed by atoms with E-state index in [4.69, 9.17) is 14.2 Å². The van der Waals surface area contributed by atoms with Gasteiger partial charge in [0.15, 0.2) is 0 Å². The van der Waals surface area contributed by atoms with Gasteiger partial charge in [-0.1, -0.05) is 31.2 Å². The lowest BCUT2D eigenvalue weighted by Crippen LogP contribution is -2.46. The molecule has 0 aliphatic carbocycles. The first-order valence-corrected chi connectivity index (χ1v) is 11.1. The molecular formula is C21H26N2O6S. The maximum absolute atomic E-state index is 13.1. The van der Waals surface area contributed by atoms with Gasteiger partial charge in [0.05, 0.1) is 6.61 Å². The van der Waals surface area contributed by atoms with E-state index in [0.717, 1.165) is 15.4 Å². The number of carbonyl (C=O) groups excluding carboxylic acids is 1. The first-order chi connectivity index (χ1) is 14.5. The lowest BCUT2D eigenvalue weighted by atomic mass is 10.1. The van der Waals surface area contributed by atoms with Crippen molar-refractivity contribution in [2.45, 2.75) is 26.4 Å². The molecule has 0 fully saturated rings. The average molecular weight is 435 g/mol. The molecule has 8 nitrogen and oxygen atoms in total. The molecule has 1 heterocycles. The van der Waals surface area contributed by atoms with Crippen LogP contribution in [-0.4, -0.2) is 50.0 Å². The summed E-state index contributed by atoms with van der Waals surface area (Å²) in [7, 11) is -2.43. The predicted molar refractivity (Wildman–Crippen MR) is 111 cm³/mol. The van der Waals surface area contributed by atoms with Gasteiger partial charge >= 0.3 is 16.3 Å². The zero-order valence-corrected chi connectivity index (χ0v) is 17.9. The van der Waals surface area contributed by atoms with Gasteiger partial charge in [0.2, 0.25) is 0 Å². The van der Waals surface area contributed by atoms with Crippen LogP contribution in [0.15, 0.2) is 48.5 Å². The number of carbonyl (C=O) groups is 1. The van der Waals surface area contributed by atoms with Crippen molar-refractivity contribution < 1.29 is 27.4 Å². The number of ether oxygens (including phenoxy) is 3. The van der Waals surface area contributed by atoms with Gasteiger partial charge in [-0.3, -0.25) is 0 Å². The van der Waals surface area contributed by atoms with Crippen LogP contribution >= 0.6 is 0 Å². The van der Waals surface area contributed by atoms with Crippen LogP contribution in [0.1, 0.15) is 24.5 Å². The third-order valence-corrected chi connectivity index (χ3v) is 6.43. The highest BCUT2D eigenvalue weighted by Gasteiger charge is 2.37. The molecule has 0 spiro atoms. The maximum Gasteiger partial charge on any atom is 0.430 e. The molecule has 0 saturated heterocycles. The van der Waals surface area contributed by atoms with E-state index in [1.165, 1.54) is 4.31 Å². The van der Waals surface area contributed by atoms with Gasteiger partial charge in [-0.2, -0.15) is 17.0 Å². The molecule has 0 bridgehead atoms. The molecule has 2 aromatic carbocycles. The Kier molecular flexibility index (Phi) is 7.30. The van der Waals surface area contributed by atoms with Crippen LogP contribution in [0, 0.1) is 0 Å². The van der Waals surface area contributed by atoms with Gasteiger partial charge in [-0.05, 0) is 41.8 Å². The molecule has 3 rings (SSSR count). The van der Waals surface area contributed by atoms with Crippen molar-refractivity contribution in [2.75, 3.05) is 26.9 Å². The third kappa shape index (κ3) is 5.10. The number of hydrogen-bond acceptors (Lipinski definition) is 6. The summed E-state index contributed by atoms with van der Waals surface area (Å²) in [5, 5.41) is 0. The number of amides is 1. The summed E-state index contributed by atoms with van der Waals surface area (Å²) >= 11 is 0. The van der Waals surface area contributed by atoms with E-state index in [1.807, 2.05) is 24.3 Å². The molecule has 1 amide bonds. The minimum atomic E-state index is -4.02. The van der Waals surface area contributed by atoms with Gasteiger partial charge in [-0.25, -0.2) is 4.79 Å². The monoisotopic (exact) mass is 434 g/mol. The Morgan fingerprint density at radius 3 is 2.17 bits per heavy atom.